The van der Waals surface area contributed by atoms with Crippen molar-refractivity contribution < 1.29 is 8.78 Å². The second kappa shape index (κ2) is 4.81. The average molecular weight is 258 g/mol. The lowest BCUT2D eigenvalue weighted by molar-refractivity contribution is 0.0566. The number of nitrogens with zero attached hydrogens (tertiary/aromatic N) is 2. The van der Waals surface area contributed by atoms with Crippen molar-refractivity contribution in [2.24, 2.45) is 5.73 Å². The minimum Gasteiger partial charge on any atom is -0.326 e. The van der Waals surface area contributed by atoms with Gasteiger partial charge in [0.1, 0.15) is 0 Å². The summed E-state index contributed by atoms with van der Waals surface area (Å²) in [5.41, 5.74) is 7.63. The topological polar surface area (TPSA) is 43.8 Å². The van der Waals surface area contributed by atoms with E-state index in [9.17, 15) is 8.78 Å². The molecule has 0 aliphatic rings. The number of aromatic nitrogens is 2. The van der Waals surface area contributed by atoms with Crippen molar-refractivity contribution in [2.75, 3.05) is 0 Å². The van der Waals surface area contributed by atoms with Gasteiger partial charge in [0.2, 0.25) is 0 Å². The maximum Gasteiger partial charge on any atom is 0.333 e. The Morgan fingerprint density at radius 3 is 2.65 bits per heavy atom. The molecule has 0 radical (unpaired) electrons. The zero-order valence-corrected chi connectivity index (χ0v) is 9.53. The van der Waals surface area contributed by atoms with Crippen molar-refractivity contribution >= 4 is 11.6 Å². The quantitative estimate of drug-likeness (QED) is 0.918. The van der Waals surface area contributed by atoms with E-state index in [4.69, 9.17) is 17.3 Å². The van der Waals surface area contributed by atoms with Crippen molar-refractivity contribution in [3.8, 4) is 11.1 Å². The molecule has 2 rings (SSSR count). The molecule has 17 heavy (non-hydrogen) atoms. The fourth-order valence-electron chi connectivity index (χ4n) is 1.49. The van der Waals surface area contributed by atoms with E-state index < -0.39 is 6.55 Å². The van der Waals surface area contributed by atoms with Crippen LogP contribution in [0.3, 0.4) is 0 Å². The maximum atomic E-state index is 12.4. The molecule has 0 saturated carbocycles. The van der Waals surface area contributed by atoms with Gasteiger partial charge in [-0.3, -0.25) is 0 Å². The summed E-state index contributed by atoms with van der Waals surface area (Å²) >= 11 is 5.99. The second-order valence-electron chi connectivity index (χ2n) is 3.50. The van der Waals surface area contributed by atoms with Crippen molar-refractivity contribution in [2.45, 2.75) is 13.1 Å². The largest absolute Gasteiger partial charge is 0.333 e. The Bertz CT molecular complexity index is 525. The number of benzene rings is 1. The molecule has 0 spiro atoms. The van der Waals surface area contributed by atoms with Crippen LogP contribution in [0.15, 0.2) is 30.6 Å². The van der Waals surface area contributed by atoms with E-state index in [1.807, 2.05) is 0 Å². The number of nitrogens with two attached hydrogens (primary N) is 1. The van der Waals surface area contributed by atoms with E-state index in [2.05, 4.69) is 5.10 Å². The van der Waals surface area contributed by atoms with E-state index in [1.54, 1.807) is 18.2 Å². The molecule has 90 valence electrons. The maximum absolute atomic E-state index is 12.4. The zero-order chi connectivity index (χ0) is 12.4. The van der Waals surface area contributed by atoms with Crippen molar-refractivity contribution in [3.05, 3.63) is 41.2 Å². The molecule has 1 aromatic heterocycles. The second-order valence-corrected chi connectivity index (χ2v) is 3.90. The minimum absolute atomic E-state index is 0.343. The Balaban J connectivity index is 2.36. The van der Waals surface area contributed by atoms with Crippen LogP contribution < -0.4 is 5.73 Å². The lowest BCUT2D eigenvalue weighted by Crippen LogP contribution is -1.97. The molecule has 1 heterocycles. The molecular formula is C11H10ClF2N3. The summed E-state index contributed by atoms with van der Waals surface area (Å²) in [6.07, 6.45) is 2.65. The summed E-state index contributed by atoms with van der Waals surface area (Å²) < 4.78 is 25.3. The third kappa shape index (κ3) is 2.45. The number of halogens is 3. The van der Waals surface area contributed by atoms with Gasteiger partial charge >= 0.3 is 6.55 Å². The van der Waals surface area contributed by atoms with Crippen LogP contribution in [0, 0.1) is 0 Å². The summed E-state index contributed by atoms with van der Waals surface area (Å²) in [5.74, 6) is 0. The van der Waals surface area contributed by atoms with Gasteiger partial charge < -0.3 is 5.73 Å². The first-order chi connectivity index (χ1) is 8.11. The molecule has 0 amide bonds. The molecule has 2 N–H and O–H groups in total. The van der Waals surface area contributed by atoms with E-state index in [1.165, 1.54) is 12.4 Å². The molecule has 0 atom stereocenters. The Kier molecular flexibility index (Phi) is 3.40. The summed E-state index contributed by atoms with van der Waals surface area (Å²) in [7, 11) is 0. The van der Waals surface area contributed by atoms with Gasteiger partial charge in [0.05, 0.1) is 6.20 Å². The standard InChI is InChI=1S/C11H10ClF2N3/c12-10-3-7(1-2-8(10)4-15)9-5-16-17(6-9)11(13)14/h1-3,5-6,11H,4,15H2. The van der Waals surface area contributed by atoms with Gasteiger partial charge in [-0.25, -0.2) is 4.68 Å². The van der Waals surface area contributed by atoms with Crippen LogP contribution in [0.25, 0.3) is 11.1 Å². The molecule has 0 fully saturated rings. The van der Waals surface area contributed by atoms with Crippen LogP contribution in [0.2, 0.25) is 5.02 Å². The Labute approximate surface area is 102 Å². The molecule has 0 saturated heterocycles. The van der Waals surface area contributed by atoms with Gasteiger partial charge in [0, 0.05) is 23.3 Å². The minimum atomic E-state index is -2.64. The fraction of sp³-hybridized carbons (Fsp3) is 0.182. The molecular weight excluding hydrogens is 248 g/mol. The predicted molar refractivity (Wildman–Crippen MR) is 61.8 cm³/mol. The van der Waals surface area contributed by atoms with E-state index in [0.717, 1.165) is 11.1 Å². The van der Waals surface area contributed by atoms with Crippen LogP contribution in [-0.4, -0.2) is 9.78 Å². The number of rotatable bonds is 3. The normalized spacial score (nSPS) is 11.1. The highest BCUT2D eigenvalue weighted by Crippen LogP contribution is 2.26. The van der Waals surface area contributed by atoms with Crippen LogP contribution in [0.1, 0.15) is 12.1 Å². The van der Waals surface area contributed by atoms with Crippen LogP contribution >= 0.6 is 11.6 Å². The molecule has 2 aromatic rings. The average Bonchev–Trinajstić information content (AvgIpc) is 2.78. The monoisotopic (exact) mass is 257 g/mol. The summed E-state index contributed by atoms with van der Waals surface area (Å²) in [4.78, 5) is 0. The van der Waals surface area contributed by atoms with Gasteiger partial charge in [0.25, 0.3) is 0 Å². The Hall–Kier alpha value is -1.46. The first-order valence-electron chi connectivity index (χ1n) is 4.93. The molecule has 0 unspecified atom stereocenters. The van der Waals surface area contributed by atoms with Gasteiger partial charge in [-0.15, -0.1) is 0 Å². The molecule has 6 heteroatoms. The smallest absolute Gasteiger partial charge is 0.326 e. The fourth-order valence-corrected chi connectivity index (χ4v) is 1.74. The van der Waals surface area contributed by atoms with Crippen molar-refractivity contribution in [1.29, 1.82) is 0 Å². The number of alkyl halides is 2. The molecule has 0 bridgehead atoms. The lowest BCUT2D eigenvalue weighted by Gasteiger charge is -2.03. The van der Waals surface area contributed by atoms with Gasteiger partial charge in [-0.05, 0) is 17.2 Å². The third-order valence-corrected chi connectivity index (χ3v) is 2.76. The molecule has 1 aromatic carbocycles. The zero-order valence-electron chi connectivity index (χ0n) is 8.78. The SMILES string of the molecule is NCc1ccc(-c2cnn(C(F)F)c2)cc1Cl. The molecule has 3 nitrogen and oxygen atoms in total. The van der Waals surface area contributed by atoms with Crippen LogP contribution in [-0.2, 0) is 6.54 Å². The van der Waals surface area contributed by atoms with Crippen molar-refractivity contribution in [3.63, 3.8) is 0 Å². The van der Waals surface area contributed by atoms with Crippen molar-refractivity contribution in [1.82, 2.24) is 9.78 Å². The highest BCUT2D eigenvalue weighted by Gasteiger charge is 2.09. The molecule has 0 aliphatic carbocycles. The van der Waals surface area contributed by atoms with E-state index in [0.29, 0.717) is 21.8 Å². The third-order valence-electron chi connectivity index (χ3n) is 2.41. The van der Waals surface area contributed by atoms with Crippen LogP contribution in [0.5, 0.6) is 0 Å². The Morgan fingerprint density at radius 2 is 2.12 bits per heavy atom. The number of hydrogen-bond donors (Lipinski definition) is 1. The summed E-state index contributed by atoms with van der Waals surface area (Å²) in [5, 5.41) is 4.09. The Morgan fingerprint density at radius 1 is 1.35 bits per heavy atom. The van der Waals surface area contributed by atoms with Crippen LogP contribution in [0.4, 0.5) is 8.78 Å². The first kappa shape index (κ1) is 12.0. The first-order valence-corrected chi connectivity index (χ1v) is 5.31. The number of hydrogen-bond acceptors (Lipinski definition) is 2. The van der Waals surface area contributed by atoms with E-state index >= 15 is 0 Å². The molecule has 0 aliphatic heterocycles. The lowest BCUT2D eigenvalue weighted by atomic mass is 10.1. The highest BCUT2D eigenvalue weighted by atomic mass is 35.5. The van der Waals surface area contributed by atoms with Gasteiger partial charge in [-0.2, -0.15) is 13.9 Å². The van der Waals surface area contributed by atoms with E-state index in [-0.39, 0.29) is 0 Å². The highest BCUT2D eigenvalue weighted by molar-refractivity contribution is 6.31. The summed E-state index contributed by atoms with van der Waals surface area (Å²) in [6.45, 7) is -2.29. The summed E-state index contributed by atoms with van der Waals surface area (Å²) in [6, 6.07) is 5.24. The van der Waals surface area contributed by atoms with Gasteiger partial charge in [-0.1, -0.05) is 23.7 Å². The van der Waals surface area contributed by atoms with Gasteiger partial charge in [0.15, 0.2) is 0 Å². The predicted octanol–water partition coefficient (Wildman–Crippen LogP) is 3.06.